The van der Waals surface area contributed by atoms with Gasteiger partial charge < -0.3 is 4.98 Å². The maximum absolute atomic E-state index is 3.86. The SMILES string of the molecule is CC.CCC.Cc1ncc[nH]1. The van der Waals surface area contributed by atoms with Gasteiger partial charge in [0.25, 0.3) is 0 Å². The smallest absolute Gasteiger partial charge is 0.102 e. The van der Waals surface area contributed by atoms with Gasteiger partial charge in [-0.2, -0.15) is 0 Å². The van der Waals surface area contributed by atoms with Crippen molar-refractivity contribution < 1.29 is 0 Å². The number of hydrogen-bond donors (Lipinski definition) is 1. The van der Waals surface area contributed by atoms with Crippen LogP contribution in [0.2, 0.25) is 0 Å². The number of aryl methyl sites for hydroxylation is 1. The summed E-state index contributed by atoms with van der Waals surface area (Å²) < 4.78 is 0. The third-order valence-corrected chi connectivity index (χ3v) is 0.635. The van der Waals surface area contributed by atoms with Crippen LogP contribution in [0.3, 0.4) is 0 Å². The van der Waals surface area contributed by atoms with Gasteiger partial charge >= 0.3 is 0 Å². The summed E-state index contributed by atoms with van der Waals surface area (Å²) in [6.45, 7) is 10.2. The van der Waals surface area contributed by atoms with E-state index in [4.69, 9.17) is 0 Å². The summed E-state index contributed by atoms with van der Waals surface area (Å²) in [5.74, 6) is 0.968. The van der Waals surface area contributed by atoms with E-state index >= 15 is 0 Å². The van der Waals surface area contributed by atoms with Gasteiger partial charge in [0, 0.05) is 12.4 Å². The minimum absolute atomic E-state index is 0.968. The first-order chi connectivity index (χ1) is 5.31. The lowest BCUT2D eigenvalue weighted by atomic mass is 10.6. The fraction of sp³-hybridized carbons (Fsp3) is 0.667. The number of aromatic amines is 1. The molecule has 0 spiro atoms. The third kappa shape index (κ3) is 12.4. The first-order valence-corrected chi connectivity index (χ1v) is 4.27. The molecule has 0 aromatic carbocycles. The molecule has 2 nitrogen and oxygen atoms in total. The quantitative estimate of drug-likeness (QED) is 0.614. The highest BCUT2D eigenvalue weighted by molar-refractivity contribution is 4.80. The molecule has 0 aliphatic carbocycles. The molecule has 1 rings (SSSR count). The Hall–Kier alpha value is -0.790. The van der Waals surface area contributed by atoms with Crippen LogP contribution >= 0.6 is 0 Å². The van der Waals surface area contributed by atoms with Gasteiger partial charge in [-0.15, -0.1) is 0 Å². The second-order valence-electron chi connectivity index (χ2n) is 1.88. The lowest BCUT2D eigenvalue weighted by Gasteiger charge is -1.68. The van der Waals surface area contributed by atoms with Gasteiger partial charge in [0.1, 0.15) is 5.82 Å². The zero-order valence-electron chi connectivity index (χ0n) is 8.31. The Morgan fingerprint density at radius 2 is 1.82 bits per heavy atom. The predicted molar refractivity (Wildman–Crippen MR) is 50.6 cm³/mol. The van der Waals surface area contributed by atoms with Crippen LogP contribution < -0.4 is 0 Å². The zero-order chi connectivity index (χ0) is 9.11. The molecule has 0 unspecified atom stereocenters. The zero-order valence-corrected chi connectivity index (χ0v) is 8.31. The van der Waals surface area contributed by atoms with Crippen molar-refractivity contribution in [3.8, 4) is 0 Å². The van der Waals surface area contributed by atoms with Crippen molar-refractivity contribution in [2.75, 3.05) is 0 Å². The molecule has 0 fully saturated rings. The first kappa shape index (κ1) is 12.8. The number of rotatable bonds is 0. The summed E-state index contributed by atoms with van der Waals surface area (Å²) in [5, 5.41) is 0. The van der Waals surface area contributed by atoms with E-state index in [1.54, 1.807) is 12.4 Å². The first-order valence-electron chi connectivity index (χ1n) is 4.27. The van der Waals surface area contributed by atoms with Crippen molar-refractivity contribution in [3.05, 3.63) is 18.2 Å². The lowest BCUT2D eigenvalue weighted by molar-refractivity contribution is 1.09. The number of nitrogens with zero attached hydrogens (tertiary/aromatic N) is 1. The van der Waals surface area contributed by atoms with Gasteiger partial charge in [-0.1, -0.05) is 34.1 Å². The van der Waals surface area contributed by atoms with Crippen LogP contribution in [0.4, 0.5) is 0 Å². The molecule has 11 heavy (non-hydrogen) atoms. The third-order valence-electron chi connectivity index (χ3n) is 0.635. The Morgan fingerprint density at radius 3 is 1.91 bits per heavy atom. The topological polar surface area (TPSA) is 28.7 Å². The highest BCUT2D eigenvalue weighted by Crippen LogP contribution is 1.78. The van der Waals surface area contributed by atoms with E-state index in [2.05, 4.69) is 23.8 Å². The summed E-state index contributed by atoms with van der Waals surface area (Å²) in [6.07, 6.45) is 4.78. The van der Waals surface area contributed by atoms with Crippen LogP contribution in [-0.2, 0) is 0 Å². The van der Waals surface area contributed by atoms with Gasteiger partial charge in [0.15, 0.2) is 0 Å². The minimum Gasteiger partial charge on any atom is -0.349 e. The van der Waals surface area contributed by atoms with E-state index < -0.39 is 0 Å². The van der Waals surface area contributed by atoms with Crippen LogP contribution in [0, 0.1) is 6.92 Å². The van der Waals surface area contributed by atoms with E-state index in [-0.39, 0.29) is 0 Å². The Kier molecular flexibility index (Phi) is 13.9. The summed E-state index contributed by atoms with van der Waals surface area (Å²) in [7, 11) is 0. The molecule has 1 aromatic heterocycles. The highest BCUT2D eigenvalue weighted by Gasteiger charge is 1.73. The largest absolute Gasteiger partial charge is 0.349 e. The van der Waals surface area contributed by atoms with Gasteiger partial charge in [-0.05, 0) is 6.92 Å². The van der Waals surface area contributed by atoms with Crippen LogP contribution in [0.25, 0.3) is 0 Å². The monoisotopic (exact) mass is 156 g/mol. The summed E-state index contributed by atoms with van der Waals surface area (Å²) in [4.78, 5) is 6.75. The highest BCUT2D eigenvalue weighted by atomic mass is 14.9. The molecule has 0 aliphatic rings. The van der Waals surface area contributed by atoms with E-state index in [0.717, 1.165) is 5.82 Å². The van der Waals surface area contributed by atoms with Crippen molar-refractivity contribution in [3.63, 3.8) is 0 Å². The van der Waals surface area contributed by atoms with Crippen molar-refractivity contribution >= 4 is 0 Å². The average molecular weight is 156 g/mol. The molecule has 0 amide bonds. The summed E-state index contributed by atoms with van der Waals surface area (Å²) in [6, 6.07) is 0. The molecular weight excluding hydrogens is 136 g/mol. The maximum atomic E-state index is 3.86. The number of H-pyrrole nitrogens is 1. The van der Waals surface area contributed by atoms with Crippen LogP contribution in [0.5, 0.6) is 0 Å². The number of hydrogen-bond acceptors (Lipinski definition) is 1. The van der Waals surface area contributed by atoms with Crippen LogP contribution in [0.15, 0.2) is 12.4 Å². The van der Waals surface area contributed by atoms with E-state index in [1.165, 1.54) is 6.42 Å². The second-order valence-corrected chi connectivity index (χ2v) is 1.88. The number of nitrogens with one attached hydrogen (secondary N) is 1. The Morgan fingerprint density at radius 1 is 1.36 bits per heavy atom. The second kappa shape index (κ2) is 11.9. The maximum Gasteiger partial charge on any atom is 0.102 e. The average Bonchev–Trinajstić information content (AvgIpc) is 2.46. The number of aromatic nitrogens is 2. The van der Waals surface area contributed by atoms with Crippen LogP contribution in [0.1, 0.15) is 39.9 Å². The van der Waals surface area contributed by atoms with E-state index in [1.807, 2.05) is 20.8 Å². The van der Waals surface area contributed by atoms with Gasteiger partial charge in [0.2, 0.25) is 0 Å². The molecule has 0 radical (unpaired) electrons. The molecular formula is C9H20N2. The molecule has 0 saturated heterocycles. The predicted octanol–water partition coefficient (Wildman–Crippen LogP) is 3.16. The lowest BCUT2D eigenvalue weighted by Crippen LogP contribution is -1.66. The molecule has 1 aromatic rings. The molecule has 2 heteroatoms. The molecule has 0 bridgehead atoms. The van der Waals surface area contributed by atoms with Crippen molar-refractivity contribution in [1.82, 2.24) is 9.97 Å². The fourth-order valence-corrected chi connectivity index (χ4v) is 0.344. The molecule has 0 atom stereocenters. The molecule has 0 aliphatic heterocycles. The van der Waals surface area contributed by atoms with E-state index in [0.29, 0.717) is 0 Å². The van der Waals surface area contributed by atoms with Crippen LogP contribution in [-0.4, -0.2) is 9.97 Å². The Balaban J connectivity index is 0. The minimum atomic E-state index is 0.968. The van der Waals surface area contributed by atoms with Crippen molar-refractivity contribution in [2.45, 2.75) is 41.0 Å². The normalized spacial score (nSPS) is 7.00. The molecule has 1 heterocycles. The molecule has 0 saturated carbocycles. The van der Waals surface area contributed by atoms with Crippen molar-refractivity contribution in [2.24, 2.45) is 0 Å². The summed E-state index contributed by atoms with van der Waals surface area (Å²) in [5.41, 5.74) is 0. The molecule has 66 valence electrons. The van der Waals surface area contributed by atoms with Gasteiger partial charge in [0.05, 0.1) is 0 Å². The fourth-order valence-electron chi connectivity index (χ4n) is 0.344. The molecule has 1 N–H and O–H groups in total. The standard InChI is InChI=1S/C4H6N2.C3H8.C2H6/c1-4-5-2-3-6-4;1-3-2;1-2/h2-3H,1H3,(H,5,6);3H2,1-2H3;1-2H3. The number of imidazole rings is 1. The summed E-state index contributed by atoms with van der Waals surface area (Å²) >= 11 is 0. The van der Waals surface area contributed by atoms with Crippen molar-refractivity contribution in [1.29, 1.82) is 0 Å². The Labute approximate surface area is 70.1 Å². The van der Waals surface area contributed by atoms with Gasteiger partial charge in [-0.3, -0.25) is 0 Å². The Bertz CT molecular complexity index is 122. The van der Waals surface area contributed by atoms with Gasteiger partial charge in [-0.25, -0.2) is 4.98 Å². The van der Waals surface area contributed by atoms with E-state index in [9.17, 15) is 0 Å².